The van der Waals surface area contributed by atoms with E-state index >= 15 is 0 Å². The van der Waals surface area contributed by atoms with Crippen LogP contribution in [0, 0.1) is 0 Å². The lowest BCUT2D eigenvalue weighted by molar-refractivity contribution is -0.688. The van der Waals surface area contributed by atoms with Gasteiger partial charge in [0, 0.05) is 38.4 Å². The molecule has 3 N–H and O–H groups in total. The zero-order chi connectivity index (χ0) is 35.2. The van der Waals surface area contributed by atoms with E-state index in [1.165, 1.54) is 97.0 Å². The Labute approximate surface area is 295 Å². The third-order valence-corrected chi connectivity index (χ3v) is 8.44. The molecule has 0 aliphatic rings. The monoisotopic (exact) mass is 683 g/mol. The van der Waals surface area contributed by atoms with E-state index < -0.39 is 18.3 Å². The predicted octanol–water partition coefficient (Wildman–Crippen LogP) is 7.48. The van der Waals surface area contributed by atoms with E-state index in [9.17, 15) is 14.4 Å². The highest BCUT2D eigenvalue weighted by molar-refractivity contribution is 5.93. The Bertz CT molecular complexity index is 1150. The van der Waals surface area contributed by atoms with E-state index in [2.05, 4.69) is 22.9 Å². The number of amides is 3. The fourth-order valence-electron chi connectivity index (χ4n) is 5.48. The Kier molecular flexibility index (Phi) is 23.9. The molecule has 1 atom stereocenters. The second-order valence-electron chi connectivity index (χ2n) is 12.7. The summed E-state index contributed by atoms with van der Waals surface area (Å²) in [6, 6.07) is 13.6. The van der Waals surface area contributed by atoms with Crippen molar-refractivity contribution in [3.63, 3.8) is 0 Å². The van der Waals surface area contributed by atoms with Gasteiger partial charge in [-0.05, 0) is 12.5 Å². The third-order valence-electron chi connectivity index (χ3n) is 8.44. The maximum atomic E-state index is 12.6. The second-order valence-corrected chi connectivity index (χ2v) is 12.7. The van der Waals surface area contributed by atoms with Gasteiger partial charge in [0.1, 0.15) is 24.9 Å². The molecule has 0 saturated carbocycles. The van der Waals surface area contributed by atoms with Crippen LogP contribution >= 0.6 is 0 Å². The molecular weight excluding hydrogens is 620 g/mol. The minimum Gasteiger partial charge on any atom is -0.447 e. The van der Waals surface area contributed by atoms with Crippen molar-refractivity contribution in [1.82, 2.24) is 16.0 Å². The number of carbonyl (C=O) groups is 3. The zero-order valence-corrected chi connectivity index (χ0v) is 30.2. The Morgan fingerprint density at radius 1 is 0.633 bits per heavy atom. The summed E-state index contributed by atoms with van der Waals surface area (Å²) in [5.41, 5.74) is 1.66. The SMILES string of the molecule is CCCCCCCCCCCCCCCCCCNC(=O)OCC(COC(=O)NCCNC(=O)c1ccc[n+](Cc2ccccc2)c1)OC. The number of unbranched alkanes of at least 4 members (excludes halogenated alkanes) is 15. The molecule has 0 aliphatic carbocycles. The molecule has 1 aromatic heterocycles. The molecule has 0 spiro atoms. The van der Waals surface area contributed by atoms with Crippen LogP contribution in [-0.4, -0.2) is 64.2 Å². The molecule has 2 rings (SSSR count). The molecule has 1 aromatic carbocycles. The summed E-state index contributed by atoms with van der Waals surface area (Å²) < 4.78 is 17.6. The zero-order valence-electron chi connectivity index (χ0n) is 30.2. The summed E-state index contributed by atoms with van der Waals surface area (Å²) in [4.78, 5) is 36.7. The second kappa shape index (κ2) is 28.2. The van der Waals surface area contributed by atoms with Crippen molar-refractivity contribution in [2.75, 3.05) is 40.0 Å². The normalized spacial score (nSPS) is 11.5. The van der Waals surface area contributed by atoms with E-state index in [1.54, 1.807) is 12.3 Å². The van der Waals surface area contributed by atoms with Gasteiger partial charge in [0.25, 0.3) is 5.91 Å². The molecule has 0 bridgehead atoms. The number of methoxy groups -OCH3 is 1. The van der Waals surface area contributed by atoms with Gasteiger partial charge in [0.05, 0.1) is 0 Å². The molecule has 0 radical (unpaired) electrons. The summed E-state index contributed by atoms with van der Waals surface area (Å²) in [7, 11) is 1.46. The van der Waals surface area contributed by atoms with E-state index in [0.29, 0.717) is 18.7 Å². The molecule has 10 nitrogen and oxygen atoms in total. The van der Waals surface area contributed by atoms with Crippen molar-refractivity contribution in [2.45, 2.75) is 122 Å². The van der Waals surface area contributed by atoms with Gasteiger partial charge in [-0.25, -0.2) is 9.59 Å². The fraction of sp³-hybridized carbons (Fsp3) is 0.641. The van der Waals surface area contributed by atoms with Crippen LogP contribution in [0.1, 0.15) is 126 Å². The first-order valence-electron chi connectivity index (χ1n) is 18.7. The molecule has 274 valence electrons. The lowest BCUT2D eigenvalue weighted by Crippen LogP contribution is -2.38. The first-order valence-corrected chi connectivity index (χ1v) is 18.7. The van der Waals surface area contributed by atoms with Crippen molar-refractivity contribution in [2.24, 2.45) is 0 Å². The lowest BCUT2D eigenvalue weighted by Gasteiger charge is -2.16. The number of carbonyl (C=O) groups excluding carboxylic acids is 3. The Morgan fingerprint density at radius 2 is 1.14 bits per heavy atom. The fourth-order valence-corrected chi connectivity index (χ4v) is 5.48. The number of rotatable bonds is 28. The Hall–Kier alpha value is -3.66. The van der Waals surface area contributed by atoms with Crippen molar-refractivity contribution < 1.29 is 33.2 Å². The number of alkyl carbamates (subject to hydrolysis) is 2. The van der Waals surface area contributed by atoms with Gasteiger partial charge in [-0.2, -0.15) is 4.57 Å². The maximum absolute atomic E-state index is 12.6. The molecule has 49 heavy (non-hydrogen) atoms. The quantitative estimate of drug-likeness (QED) is 0.0632. The van der Waals surface area contributed by atoms with Crippen molar-refractivity contribution in [3.8, 4) is 0 Å². The van der Waals surface area contributed by atoms with E-state index in [-0.39, 0.29) is 32.2 Å². The van der Waals surface area contributed by atoms with Crippen LogP contribution in [0.5, 0.6) is 0 Å². The van der Waals surface area contributed by atoms with Crippen LogP contribution in [-0.2, 0) is 20.8 Å². The first-order chi connectivity index (χ1) is 24.0. The van der Waals surface area contributed by atoms with Crippen LogP contribution in [0.15, 0.2) is 54.9 Å². The summed E-state index contributed by atoms with van der Waals surface area (Å²) in [6.45, 7) is 3.81. The highest BCUT2D eigenvalue weighted by Gasteiger charge is 2.15. The maximum Gasteiger partial charge on any atom is 0.407 e. The van der Waals surface area contributed by atoms with Crippen LogP contribution < -0.4 is 20.5 Å². The Morgan fingerprint density at radius 3 is 1.69 bits per heavy atom. The van der Waals surface area contributed by atoms with Crippen molar-refractivity contribution >= 4 is 18.1 Å². The average Bonchev–Trinajstić information content (AvgIpc) is 3.12. The molecule has 0 fully saturated rings. The van der Waals surface area contributed by atoms with Crippen LogP contribution in [0.4, 0.5) is 9.59 Å². The molecule has 3 amide bonds. The minimum absolute atomic E-state index is 0.0357. The minimum atomic E-state index is -0.648. The van der Waals surface area contributed by atoms with Gasteiger partial charge in [-0.3, -0.25) is 4.79 Å². The molecular formula is C39H63N4O6+. The number of hydrogen-bond donors (Lipinski definition) is 3. The first kappa shape index (κ1) is 41.5. The van der Waals surface area contributed by atoms with Gasteiger partial charge in [0.2, 0.25) is 0 Å². The van der Waals surface area contributed by atoms with Gasteiger partial charge in [-0.1, -0.05) is 134 Å². The smallest absolute Gasteiger partial charge is 0.407 e. The number of pyridine rings is 1. The summed E-state index contributed by atoms with van der Waals surface area (Å²) in [6.07, 6.45) is 22.9. The molecule has 0 aliphatic heterocycles. The van der Waals surface area contributed by atoms with Crippen LogP contribution in [0.3, 0.4) is 0 Å². The van der Waals surface area contributed by atoms with E-state index in [1.807, 2.05) is 47.2 Å². The number of benzene rings is 1. The van der Waals surface area contributed by atoms with Gasteiger partial charge in [0.15, 0.2) is 18.9 Å². The number of hydrogen-bond acceptors (Lipinski definition) is 6. The van der Waals surface area contributed by atoms with Gasteiger partial charge in [-0.15, -0.1) is 0 Å². The Balaban J connectivity index is 1.41. The highest BCUT2D eigenvalue weighted by atomic mass is 16.6. The molecule has 0 saturated heterocycles. The molecule has 2 aromatic rings. The number of nitrogens with one attached hydrogen (secondary N) is 3. The average molecular weight is 684 g/mol. The molecule has 1 unspecified atom stereocenters. The largest absolute Gasteiger partial charge is 0.447 e. The van der Waals surface area contributed by atoms with Crippen LogP contribution in [0.25, 0.3) is 0 Å². The van der Waals surface area contributed by atoms with Crippen molar-refractivity contribution in [3.05, 3.63) is 66.0 Å². The summed E-state index contributed by atoms with van der Waals surface area (Å²) >= 11 is 0. The summed E-state index contributed by atoms with van der Waals surface area (Å²) in [5.74, 6) is -0.234. The van der Waals surface area contributed by atoms with Gasteiger partial charge < -0.3 is 30.2 Å². The topological polar surface area (TPSA) is 119 Å². The van der Waals surface area contributed by atoms with Gasteiger partial charge >= 0.3 is 12.2 Å². The highest BCUT2D eigenvalue weighted by Crippen LogP contribution is 2.13. The van der Waals surface area contributed by atoms with E-state index in [0.717, 1.165) is 18.4 Å². The molecule has 1 heterocycles. The number of aromatic nitrogens is 1. The third kappa shape index (κ3) is 21.8. The predicted molar refractivity (Wildman–Crippen MR) is 194 cm³/mol. The van der Waals surface area contributed by atoms with Crippen molar-refractivity contribution in [1.29, 1.82) is 0 Å². The lowest BCUT2D eigenvalue weighted by atomic mass is 10.0. The van der Waals surface area contributed by atoms with E-state index in [4.69, 9.17) is 14.2 Å². The number of nitrogens with zero attached hydrogens (tertiary/aromatic N) is 1. The summed E-state index contributed by atoms with van der Waals surface area (Å²) in [5, 5.41) is 8.16. The van der Waals surface area contributed by atoms with Crippen LogP contribution in [0.2, 0.25) is 0 Å². The standard InChI is InChI=1S/C39H62N4O6/c1-3-4-5-6-7-8-9-10-11-12-13-14-15-16-17-21-26-41-38(45)48-32-36(47-2)33-49-39(46)42-28-27-40-37(44)35-25-22-29-43(31-35)30-34-23-19-18-20-24-34/h18-20,22-25,29,31,36H,3-17,21,26-28,30,32-33H2,1-2H3,(H2-,40,41,42,44,45,46)/p+1. The molecule has 10 heteroatoms. The number of ether oxygens (including phenoxy) is 3.